The quantitative estimate of drug-likeness (QED) is 0.118. The number of nitrogens with one attached hydrogen (secondary N) is 2. The van der Waals surface area contributed by atoms with E-state index >= 15 is 0 Å². The molecule has 10 nitrogen and oxygen atoms in total. The van der Waals surface area contributed by atoms with Crippen LogP contribution in [0.5, 0.6) is 11.5 Å². The van der Waals surface area contributed by atoms with Gasteiger partial charge in [-0.3, -0.25) is 4.79 Å². The summed E-state index contributed by atoms with van der Waals surface area (Å²) >= 11 is 0. The summed E-state index contributed by atoms with van der Waals surface area (Å²) in [6, 6.07) is 21.4. The number of aliphatic hydroxyl groups excluding tert-OH is 1. The number of ether oxygens (including phenoxy) is 3. The number of phenols is 1. The summed E-state index contributed by atoms with van der Waals surface area (Å²) in [5.41, 5.74) is 3.05. The number of carbonyl (C=O) groups is 1. The molecule has 4 aliphatic heterocycles. The van der Waals surface area contributed by atoms with Gasteiger partial charge in [-0.05, 0) is 48.4 Å². The summed E-state index contributed by atoms with van der Waals surface area (Å²) in [6.07, 6.45) is 6.07. The molecule has 1 saturated carbocycles. The van der Waals surface area contributed by atoms with Crippen molar-refractivity contribution in [3.63, 3.8) is 0 Å². The zero-order chi connectivity index (χ0) is 35.4. The van der Waals surface area contributed by atoms with Crippen molar-refractivity contribution < 1.29 is 55.8 Å². The zero-order valence-corrected chi connectivity index (χ0v) is 31.7. The van der Waals surface area contributed by atoms with Gasteiger partial charge in [0.2, 0.25) is 0 Å². The summed E-state index contributed by atoms with van der Waals surface area (Å²) in [5, 5.41) is 39.1. The molecule has 8 rings (SSSR count). The number of quaternary nitrogens is 1. The SMILES string of the molecule is C[C@@H](NC[C@H](O)c1cc(O)cc2c1OCC(=O)N2)c1ccc(COCC[N+]23CCC(CC2)[C@@H](OC[C@@](O)(c2ccccc2)C2CCCC2)C3)cc1.[Br-]. The second-order valence-corrected chi connectivity index (χ2v) is 15.3. The number of aliphatic hydroxyl groups is 2. The molecule has 282 valence electrons. The first-order chi connectivity index (χ1) is 24.7. The molecule has 4 fully saturated rings. The molecule has 1 amide bonds. The lowest BCUT2D eigenvalue weighted by Crippen LogP contribution is -3.00. The maximum atomic E-state index is 12.0. The molecular weight excluding hydrogens is 726 g/mol. The van der Waals surface area contributed by atoms with Crippen molar-refractivity contribution in [2.24, 2.45) is 11.8 Å². The van der Waals surface area contributed by atoms with Crippen LogP contribution in [-0.4, -0.2) is 84.4 Å². The molecule has 11 heteroatoms. The molecule has 4 heterocycles. The normalized spacial score (nSPS) is 24.9. The molecule has 0 aromatic heterocycles. The summed E-state index contributed by atoms with van der Waals surface area (Å²) in [6.45, 7) is 8.07. The lowest BCUT2D eigenvalue weighted by Gasteiger charge is -2.52. The third-order valence-electron chi connectivity index (χ3n) is 12.0. The Morgan fingerprint density at radius 3 is 2.50 bits per heavy atom. The number of anilines is 1. The minimum absolute atomic E-state index is 0. The summed E-state index contributed by atoms with van der Waals surface area (Å²) in [7, 11) is 0. The van der Waals surface area contributed by atoms with Gasteiger partial charge in [0.25, 0.3) is 5.91 Å². The number of hydrogen-bond acceptors (Lipinski definition) is 8. The third-order valence-corrected chi connectivity index (χ3v) is 12.0. The lowest BCUT2D eigenvalue weighted by atomic mass is 9.80. The number of carbonyl (C=O) groups excluding carboxylic acids is 1. The third kappa shape index (κ3) is 8.67. The minimum Gasteiger partial charge on any atom is -1.00 e. The molecular formula is C41H54BrN3O7. The fraction of sp³-hybridized carbons (Fsp3) is 0.537. The van der Waals surface area contributed by atoms with Crippen LogP contribution in [-0.2, 0) is 26.5 Å². The first-order valence-corrected chi connectivity index (χ1v) is 18.8. The molecule has 3 aromatic rings. The molecule has 5 N–H and O–H groups in total. The van der Waals surface area contributed by atoms with Crippen molar-refractivity contribution in [2.75, 3.05) is 57.9 Å². The van der Waals surface area contributed by atoms with Crippen LogP contribution in [0, 0.1) is 11.8 Å². The molecule has 3 aromatic carbocycles. The first kappa shape index (κ1) is 38.7. The van der Waals surface area contributed by atoms with E-state index in [9.17, 15) is 20.1 Å². The number of nitrogens with zero attached hydrogens (tertiary/aromatic N) is 1. The maximum absolute atomic E-state index is 12.0. The van der Waals surface area contributed by atoms with Gasteiger partial charge < -0.3 is 61.6 Å². The molecule has 0 spiro atoms. The molecule has 5 aliphatic rings. The molecule has 0 unspecified atom stereocenters. The number of hydrogen-bond donors (Lipinski definition) is 5. The van der Waals surface area contributed by atoms with E-state index < -0.39 is 11.7 Å². The Bertz CT molecular complexity index is 1630. The van der Waals surface area contributed by atoms with Crippen molar-refractivity contribution >= 4 is 11.6 Å². The average molecular weight is 781 g/mol. The summed E-state index contributed by atoms with van der Waals surface area (Å²) in [5.74, 6) is 0.858. The predicted molar refractivity (Wildman–Crippen MR) is 194 cm³/mol. The van der Waals surface area contributed by atoms with Crippen LogP contribution in [0.1, 0.15) is 79.8 Å². The Kier molecular flexibility index (Phi) is 12.6. The van der Waals surface area contributed by atoms with Crippen LogP contribution in [0.15, 0.2) is 66.7 Å². The maximum Gasteiger partial charge on any atom is 0.262 e. The van der Waals surface area contributed by atoms with E-state index in [1.165, 1.54) is 50.9 Å². The van der Waals surface area contributed by atoms with Gasteiger partial charge in [-0.15, -0.1) is 0 Å². The second-order valence-electron chi connectivity index (χ2n) is 15.3. The van der Waals surface area contributed by atoms with Crippen molar-refractivity contribution in [1.29, 1.82) is 0 Å². The van der Waals surface area contributed by atoms with Gasteiger partial charge in [0.05, 0.1) is 44.7 Å². The second kappa shape index (κ2) is 17.0. The lowest BCUT2D eigenvalue weighted by molar-refractivity contribution is -0.946. The highest BCUT2D eigenvalue weighted by Crippen LogP contribution is 2.43. The Labute approximate surface area is 317 Å². The number of halogens is 1. The number of phenolic OH excluding ortho intramolecular Hbond substituents is 1. The van der Waals surface area contributed by atoms with E-state index in [0.29, 0.717) is 42.7 Å². The van der Waals surface area contributed by atoms with E-state index in [4.69, 9.17) is 14.2 Å². The standard InChI is InChI=1S/C41H53N3O7.BrH/c1-28(42-23-37(46)35-21-34(45)22-36-40(35)50-26-39(47)43-36)30-13-11-29(12-14-30)25-49-20-19-44-17-15-31(16-18-44)38(24-44)51-27-41(48,33-9-5-6-10-33)32-7-3-2-4-8-32;/h2-4,7-8,11-14,21-22,28,31,33,37-38,42,46,48H,5-6,9-10,15-20,23-27H2,1H3,(H-,43,45,47);1H/t28-,31?,37+,38+,41-,44?;/m1./s1. The summed E-state index contributed by atoms with van der Waals surface area (Å²) in [4.78, 5) is 11.7. The van der Waals surface area contributed by atoms with Gasteiger partial charge in [-0.2, -0.15) is 0 Å². The Morgan fingerprint density at radius 2 is 1.77 bits per heavy atom. The van der Waals surface area contributed by atoms with Crippen LogP contribution in [0.2, 0.25) is 0 Å². The molecule has 2 bridgehead atoms. The van der Waals surface area contributed by atoms with E-state index in [-0.39, 0.29) is 59.9 Å². The van der Waals surface area contributed by atoms with Gasteiger partial charge in [0.1, 0.15) is 36.3 Å². The minimum atomic E-state index is -0.940. The van der Waals surface area contributed by atoms with Crippen LogP contribution in [0.4, 0.5) is 5.69 Å². The zero-order valence-electron chi connectivity index (χ0n) is 30.1. The highest BCUT2D eigenvalue weighted by molar-refractivity contribution is 5.96. The van der Waals surface area contributed by atoms with E-state index in [0.717, 1.165) is 47.1 Å². The van der Waals surface area contributed by atoms with Crippen LogP contribution in [0.25, 0.3) is 0 Å². The van der Waals surface area contributed by atoms with Crippen LogP contribution in [0.3, 0.4) is 0 Å². The van der Waals surface area contributed by atoms with Crippen molar-refractivity contribution in [3.8, 4) is 11.5 Å². The van der Waals surface area contributed by atoms with E-state index in [2.05, 4.69) is 47.0 Å². The fourth-order valence-electron chi connectivity index (χ4n) is 8.85. The molecule has 52 heavy (non-hydrogen) atoms. The first-order valence-electron chi connectivity index (χ1n) is 18.8. The van der Waals surface area contributed by atoms with Crippen LogP contribution < -0.4 is 32.4 Å². The topological polar surface area (TPSA) is 130 Å². The number of rotatable bonds is 15. The predicted octanol–water partition coefficient (Wildman–Crippen LogP) is 2.33. The van der Waals surface area contributed by atoms with Gasteiger partial charge in [0, 0.05) is 43.0 Å². The number of benzene rings is 3. The van der Waals surface area contributed by atoms with Gasteiger partial charge in [-0.1, -0.05) is 67.4 Å². The molecule has 4 atom stereocenters. The van der Waals surface area contributed by atoms with Crippen LogP contribution >= 0.6 is 0 Å². The number of amides is 1. The molecule has 3 saturated heterocycles. The molecule has 0 radical (unpaired) electrons. The Morgan fingerprint density at radius 1 is 1.04 bits per heavy atom. The van der Waals surface area contributed by atoms with Gasteiger partial charge >= 0.3 is 0 Å². The molecule has 1 aliphatic carbocycles. The van der Waals surface area contributed by atoms with E-state index in [1.807, 2.05) is 25.1 Å². The van der Waals surface area contributed by atoms with Crippen molar-refractivity contribution in [1.82, 2.24) is 5.32 Å². The number of piperidine rings is 3. The fourth-order valence-corrected chi connectivity index (χ4v) is 8.85. The highest BCUT2D eigenvalue weighted by atomic mass is 79.9. The van der Waals surface area contributed by atoms with Gasteiger partial charge in [0.15, 0.2) is 6.61 Å². The van der Waals surface area contributed by atoms with Gasteiger partial charge in [-0.25, -0.2) is 0 Å². The highest BCUT2D eigenvalue weighted by Gasteiger charge is 2.48. The Hall–Kier alpha value is -3.03. The summed E-state index contributed by atoms with van der Waals surface area (Å²) < 4.78 is 19.5. The number of aromatic hydroxyl groups is 1. The monoisotopic (exact) mass is 779 g/mol. The average Bonchev–Trinajstić information content (AvgIpc) is 3.71. The number of fused-ring (bicyclic) bond motifs is 4. The van der Waals surface area contributed by atoms with Crippen molar-refractivity contribution in [3.05, 3.63) is 89.0 Å². The van der Waals surface area contributed by atoms with Crippen molar-refractivity contribution in [2.45, 2.75) is 75.9 Å². The Balaban J connectivity index is 0.00000464. The largest absolute Gasteiger partial charge is 1.00 e. The van der Waals surface area contributed by atoms with E-state index in [1.54, 1.807) is 0 Å². The smallest absolute Gasteiger partial charge is 0.262 e.